The molecule has 0 bridgehead atoms. The lowest BCUT2D eigenvalue weighted by Crippen LogP contribution is -2.41. The molecule has 0 spiro atoms. The van der Waals surface area contributed by atoms with Crippen LogP contribution in [0.15, 0.2) is 79.9 Å². The minimum atomic E-state index is -0.111. The third kappa shape index (κ3) is 7.01. The molecule has 158 valence electrons. The first-order valence-corrected chi connectivity index (χ1v) is 10.1. The highest BCUT2D eigenvalue weighted by Crippen LogP contribution is 2.25. The van der Waals surface area contributed by atoms with Crippen LogP contribution in [0.2, 0.25) is 0 Å². The third-order valence-corrected chi connectivity index (χ3v) is 4.86. The van der Waals surface area contributed by atoms with Crippen molar-refractivity contribution in [2.45, 2.75) is 26.4 Å². The highest BCUT2D eigenvalue weighted by molar-refractivity contribution is 5.88. The minimum absolute atomic E-state index is 0.0237. The molecule has 0 aromatic heterocycles. The number of benzene rings is 2. The zero-order valence-corrected chi connectivity index (χ0v) is 17.9. The Morgan fingerprint density at radius 3 is 2.30 bits per heavy atom. The quantitative estimate of drug-likeness (QED) is 0.564. The number of carbonyl (C=O) groups excluding carboxylic acids is 2. The van der Waals surface area contributed by atoms with Crippen LogP contribution >= 0.6 is 0 Å². The van der Waals surface area contributed by atoms with E-state index >= 15 is 0 Å². The SMILES string of the molecule is C=CCN(CC=C)C(=O)CN(Cc1ccccc1)[C@@H](C)c1cccc(NC(C)=O)c1. The summed E-state index contributed by atoms with van der Waals surface area (Å²) >= 11 is 0. The first-order chi connectivity index (χ1) is 14.4. The van der Waals surface area contributed by atoms with Gasteiger partial charge in [-0.05, 0) is 30.2 Å². The molecule has 2 aromatic rings. The average molecular weight is 406 g/mol. The van der Waals surface area contributed by atoms with Gasteiger partial charge in [-0.1, -0.05) is 54.6 Å². The Morgan fingerprint density at radius 2 is 1.70 bits per heavy atom. The molecule has 1 N–H and O–H groups in total. The molecule has 0 heterocycles. The molecule has 0 radical (unpaired) electrons. The second kappa shape index (κ2) is 11.7. The van der Waals surface area contributed by atoms with E-state index in [0.29, 0.717) is 19.6 Å². The number of amides is 2. The second-order valence-electron chi connectivity index (χ2n) is 7.25. The van der Waals surface area contributed by atoms with Gasteiger partial charge in [0.05, 0.1) is 6.54 Å². The summed E-state index contributed by atoms with van der Waals surface area (Å²) in [6.45, 7) is 12.9. The van der Waals surface area contributed by atoms with Crippen molar-refractivity contribution in [3.63, 3.8) is 0 Å². The van der Waals surface area contributed by atoms with Gasteiger partial charge in [-0.25, -0.2) is 0 Å². The molecule has 0 aliphatic heterocycles. The third-order valence-electron chi connectivity index (χ3n) is 4.86. The minimum Gasteiger partial charge on any atom is -0.334 e. The van der Waals surface area contributed by atoms with Gasteiger partial charge in [0.25, 0.3) is 0 Å². The summed E-state index contributed by atoms with van der Waals surface area (Å²) < 4.78 is 0. The number of hydrogen-bond acceptors (Lipinski definition) is 3. The van der Waals surface area contributed by atoms with Crippen LogP contribution in [0.3, 0.4) is 0 Å². The van der Waals surface area contributed by atoms with E-state index < -0.39 is 0 Å². The fourth-order valence-electron chi connectivity index (χ4n) is 3.30. The van der Waals surface area contributed by atoms with E-state index in [-0.39, 0.29) is 24.4 Å². The molecule has 0 fully saturated rings. The Bertz CT molecular complexity index is 854. The first-order valence-electron chi connectivity index (χ1n) is 10.1. The molecule has 0 saturated heterocycles. The van der Waals surface area contributed by atoms with E-state index in [0.717, 1.165) is 16.8 Å². The Balaban J connectivity index is 2.28. The van der Waals surface area contributed by atoms with Gasteiger partial charge in [0, 0.05) is 38.3 Å². The van der Waals surface area contributed by atoms with Crippen molar-refractivity contribution in [1.29, 1.82) is 0 Å². The number of hydrogen-bond donors (Lipinski definition) is 1. The Hall–Kier alpha value is -3.18. The van der Waals surface area contributed by atoms with Crippen molar-refractivity contribution >= 4 is 17.5 Å². The van der Waals surface area contributed by atoms with E-state index in [1.807, 2.05) is 42.5 Å². The number of rotatable bonds is 11. The van der Waals surface area contributed by atoms with Crippen LogP contribution in [-0.2, 0) is 16.1 Å². The number of nitrogens with zero attached hydrogens (tertiary/aromatic N) is 2. The normalized spacial score (nSPS) is 11.6. The van der Waals surface area contributed by atoms with Crippen molar-refractivity contribution < 1.29 is 9.59 Å². The molecule has 0 saturated carbocycles. The monoisotopic (exact) mass is 405 g/mol. The van der Waals surface area contributed by atoms with Gasteiger partial charge < -0.3 is 10.2 Å². The number of nitrogens with one attached hydrogen (secondary N) is 1. The number of carbonyl (C=O) groups is 2. The highest BCUT2D eigenvalue weighted by atomic mass is 16.2. The van der Waals surface area contributed by atoms with Gasteiger partial charge in [-0.15, -0.1) is 13.2 Å². The molecular weight excluding hydrogens is 374 g/mol. The zero-order valence-electron chi connectivity index (χ0n) is 17.9. The summed E-state index contributed by atoms with van der Waals surface area (Å²) in [5.41, 5.74) is 2.91. The molecule has 2 aromatic carbocycles. The standard InChI is InChI=1S/C25H31N3O2/c1-5-15-27(16-6-2)25(30)19-28(18-22-11-8-7-9-12-22)20(3)23-13-10-14-24(17-23)26-21(4)29/h5-14,17,20H,1-2,15-16,18-19H2,3-4H3,(H,26,29)/t20-/m0/s1. The van der Waals surface area contributed by atoms with Crippen LogP contribution < -0.4 is 5.32 Å². The van der Waals surface area contributed by atoms with E-state index in [9.17, 15) is 9.59 Å². The van der Waals surface area contributed by atoms with Gasteiger partial charge in [0.1, 0.15) is 0 Å². The van der Waals surface area contributed by atoms with Gasteiger partial charge in [0.15, 0.2) is 0 Å². The maximum Gasteiger partial charge on any atom is 0.237 e. The lowest BCUT2D eigenvalue weighted by atomic mass is 10.0. The molecule has 2 amide bonds. The molecule has 1 atom stereocenters. The van der Waals surface area contributed by atoms with Crippen LogP contribution in [0.5, 0.6) is 0 Å². The lowest BCUT2D eigenvalue weighted by molar-refractivity contribution is -0.132. The van der Waals surface area contributed by atoms with Crippen LogP contribution in [0.1, 0.15) is 31.0 Å². The maximum absolute atomic E-state index is 13.0. The molecule has 0 unspecified atom stereocenters. The van der Waals surface area contributed by atoms with Crippen LogP contribution in [0.25, 0.3) is 0 Å². The largest absolute Gasteiger partial charge is 0.334 e. The highest BCUT2D eigenvalue weighted by Gasteiger charge is 2.22. The molecule has 5 heteroatoms. The lowest BCUT2D eigenvalue weighted by Gasteiger charge is -2.31. The van der Waals surface area contributed by atoms with Crippen molar-refractivity contribution in [3.05, 3.63) is 91.0 Å². The summed E-state index contributed by atoms with van der Waals surface area (Å²) in [5.74, 6) is -0.0868. The molecule has 0 aliphatic carbocycles. The Morgan fingerprint density at radius 1 is 1.03 bits per heavy atom. The summed E-state index contributed by atoms with van der Waals surface area (Å²) in [4.78, 5) is 28.3. The first kappa shape index (κ1) is 23.1. The summed E-state index contributed by atoms with van der Waals surface area (Å²) in [7, 11) is 0. The van der Waals surface area contributed by atoms with E-state index in [4.69, 9.17) is 0 Å². The smallest absolute Gasteiger partial charge is 0.237 e. The van der Waals surface area contributed by atoms with E-state index in [1.165, 1.54) is 6.92 Å². The zero-order chi connectivity index (χ0) is 21.9. The van der Waals surface area contributed by atoms with Gasteiger partial charge >= 0.3 is 0 Å². The maximum atomic E-state index is 13.0. The van der Waals surface area contributed by atoms with Crippen molar-refractivity contribution in [3.8, 4) is 0 Å². The topological polar surface area (TPSA) is 52.7 Å². The van der Waals surface area contributed by atoms with Crippen LogP contribution in [0.4, 0.5) is 5.69 Å². The Kier molecular flexibility index (Phi) is 9.03. The average Bonchev–Trinajstić information content (AvgIpc) is 2.73. The van der Waals surface area contributed by atoms with Crippen molar-refractivity contribution in [1.82, 2.24) is 9.80 Å². The van der Waals surface area contributed by atoms with Gasteiger partial charge in [-0.3, -0.25) is 14.5 Å². The van der Waals surface area contributed by atoms with Crippen molar-refractivity contribution in [2.75, 3.05) is 25.0 Å². The number of anilines is 1. The van der Waals surface area contributed by atoms with E-state index in [1.54, 1.807) is 17.1 Å². The predicted molar refractivity (Wildman–Crippen MR) is 123 cm³/mol. The molecule has 2 rings (SSSR count). The van der Waals surface area contributed by atoms with Gasteiger partial charge in [0.2, 0.25) is 11.8 Å². The van der Waals surface area contributed by atoms with Crippen LogP contribution in [-0.4, -0.2) is 41.2 Å². The van der Waals surface area contributed by atoms with E-state index in [2.05, 4.69) is 42.4 Å². The Labute approximate surface area is 179 Å². The van der Waals surface area contributed by atoms with Gasteiger partial charge in [-0.2, -0.15) is 0 Å². The predicted octanol–water partition coefficient (Wildman–Crippen LogP) is 4.41. The van der Waals surface area contributed by atoms with Crippen LogP contribution in [0, 0.1) is 0 Å². The molecule has 30 heavy (non-hydrogen) atoms. The summed E-state index contributed by atoms with van der Waals surface area (Å²) in [6, 6.07) is 17.8. The fraction of sp³-hybridized carbons (Fsp3) is 0.280. The molecular formula is C25H31N3O2. The summed E-state index contributed by atoms with van der Waals surface area (Å²) in [6.07, 6.45) is 3.45. The summed E-state index contributed by atoms with van der Waals surface area (Å²) in [5, 5.41) is 2.83. The van der Waals surface area contributed by atoms with Crippen molar-refractivity contribution in [2.24, 2.45) is 0 Å². The fourth-order valence-corrected chi connectivity index (χ4v) is 3.30. The molecule has 5 nitrogen and oxygen atoms in total. The second-order valence-corrected chi connectivity index (χ2v) is 7.25. The molecule has 0 aliphatic rings.